The number of thiophene rings is 1. The Labute approximate surface area is 127 Å². The number of carbonyl (C=O) groups excluding carboxylic acids is 1. The minimum absolute atomic E-state index is 0.0463. The summed E-state index contributed by atoms with van der Waals surface area (Å²) in [6.45, 7) is 5.45. The summed E-state index contributed by atoms with van der Waals surface area (Å²) in [6.07, 6.45) is 0.978. The third-order valence-corrected chi connectivity index (χ3v) is 4.94. The lowest BCUT2D eigenvalue weighted by molar-refractivity contribution is -0.122. The van der Waals surface area contributed by atoms with E-state index in [9.17, 15) is 4.79 Å². The molecule has 2 N–H and O–H groups in total. The minimum Gasteiger partial charge on any atom is -0.357 e. The number of carbonyl (C=O) groups is 1. The lowest BCUT2D eigenvalue weighted by Crippen LogP contribution is -2.54. The Kier molecular flexibility index (Phi) is 3.67. The standard InChI is InChI=1S/C14H19N5OS/c1-4-9-7-10-11(17-14(15-3)18-13(10)21-9)19-6-5-16-12(20)8(19)2/h7-8H,4-6H2,1-3H3,(H,16,20)(H,15,17,18). The second-order valence-corrected chi connectivity index (χ2v) is 6.18. The first-order chi connectivity index (χ1) is 10.1. The third-order valence-electron chi connectivity index (χ3n) is 3.77. The molecule has 3 heterocycles. The zero-order valence-electron chi connectivity index (χ0n) is 12.4. The molecule has 0 radical (unpaired) electrons. The summed E-state index contributed by atoms with van der Waals surface area (Å²) in [7, 11) is 1.81. The van der Waals surface area contributed by atoms with E-state index in [1.807, 2.05) is 14.0 Å². The number of hydrogen-bond donors (Lipinski definition) is 2. The maximum Gasteiger partial charge on any atom is 0.242 e. The molecule has 1 atom stereocenters. The molecule has 1 aliphatic heterocycles. The van der Waals surface area contributed by atoms with E-state index in [2.05, 4.69) is 38.5 Å². The van der Waals surface area contributed by atoms with Gasteiger partial charge in [-0.3, -0.25) is 4.79 Å². The largest absolute Gasteiger partial charge is 0.357 e. The van der Waals surface area contributed by atoms with E-state index in [-0.39, 0.29) is 11.9 Å². The summed E-state index contributed by atoms with van der Waals surface area (Å²) in [4.78, 5) is 25.4. The van der Waals surface area contributed by atoms with Crippen LogP contribution in [0.25, 0.3) is 10.2 Å². The molecule has 6 nitrogen and oxygen atoms in total. The predicted octanol–water partition coefficient (Wildman–Crippen LogP) is 1.62. The molecule has 1 unspecified atom stereocenters. The molecule has 0 bridgehead atoms. The third kappa shape index (κ3) is 2.42. The highest BCUT2D eigenvalue weighted by atomic mass is 32.1. The predicted molar refractivity (Wildman–Crippen MR) is 86.2 cm³/mol. The molecule has 21 heavy (non-hydrogen) atoms. The Bertz CT molecular complexity index is 683. The van der Waals surface area contributed by atoms with Crippen molar-refractivity contribution in [2.45, 2.75) is 26.3 Å². The molecule has 1 amide bonds. The van der Waals surface area contributed by atoms with Crippen molar-refractivity contribution >= 4 is 39.2 Å². The number of rotatable bonds is 3. The fraction of sp³-hybridized carbons (Fsp3) is 0.500. The molecule has 0 aliphatic carbocycles. The number of nitrogens with zero attached hydrogens (tertiary/aromatic N) is 3. The number of hydrogen-bond acceptors (Lipinski definition) is 6. The van der Waals surface area contributed by atoms with Gasteiger partial charge in [0.1, 0.15) is 16.7 Å². The van der Waals surface area contributed by atoms with Gasteiger partial charge in [-0.1, -0.05) is 6.92 Å². The van der Waals surface area contributed by atoms with Gasteiger partial charge in [0.2, 0.25) is 11.9 Å². The summed E-state index contributed by atoms with van der Waals surface area (Å²) in [6, 6.07) is 1.93. The molecule has 0 aromatic carbocycles. The lowest BCUT2D eigenvalue weighted by atomic mass is 10.2. The Morgan fingerprint density at radius 3 is 3.05 bits per heavy atom. The van der Waals surface area contributed by atoms with Crippen LogP contribution in [-0.4, -0.2) is 42.1 Å². The zero-order valence-corrected chi connectivity index (χ0v) is 13.3. The van der Waals surface area contributed by atoms with Crippen molar-refractivity contribution in [3.8, 4) is 0 Å². The van der Waals surface area contributed by atoms with E-state index >= 15 is 0 Å². The zero-order chi connectivity index (χ0) is 15.0. The second kappa shape index (κ2) is 5.48. The van der Waals surface area contributed by atoms with Crippen LogP contribution in [0.4, 0.5) is 11.8 Å². The van der Waals surface area contributed by atoms with Gasteiger partial charge in [0.05, 0.1) is 5.39 Å². The maximum absolute atomic E-state index is 11.9. The van der Waals surface area contributed by atoms with Crippen molar-refractivity contribution in [2.24, 2.45) is 0 Å². The van der Waals surface area contributed by atoms with Crippen LogP contribution in [0.1, 0.15) is 18.7 Å². The number of piperazine rings is 1. The van der Waals surface area contributed by atoms with Gasteiger partial charge in [-0.05, 0) is 19.4 Å². The van der Waals surface area contributed by atoms with Crippen molar-refractivity contribution in [1.29, 1.82) is 0 Å². The molecule has 0 spiro atoms. The molecular formula is C14H19N5OS. The van der Waals surface area contributed by atoms with E-state index < -0.39 is 0 Å². The molecule has 1 aliphatic rings. The first-order valence-electron chi connectivity index (χ1n) is 7.16. The minimum atomic E-state index is -0.216. The van der Waals surface area contributed by atoms with Crippen LogP contribution in [0.15, 0.2) is 6.07 Å². The molecule has 2 aromatic rings. The average molecular weight is 305 g/mol. The van der Waals surface area contributed by atoms with Crippen molar-refractivity contribution in [3.05, 3.63) is 10.9 Å². The van der Waals surface area contributed by atoms with Crippen LogP contribution in [0.3, 0.4) is 0 Å². The highest BCUT2D eigenvalue weighted by Crippen LogP contribution is 2.33. The van der Waals surface area contributed by atoms with Gasteiger partial charge in [0.25, 0.3) is 0 Å². The SMILES string of the molecule is CCc1cc2c(N3CCNC(=O)C3C)nc(NC)nc2s1. The van der Waals surface area contributed by atoms with Gasteiger partial charge in [-0.15, -0.1) is 11.3 Å². The van der Waals surface area contributed by atoms with E-state index in [0.29, 0.717) is 12.5 Å². The molecule has 3 rings (SSSR count). The maximum atomic E-state index is 11.9. The number of aromatic nitrogens is 2. The van der Waals surface area contributed by atoms with E-state index in [4.69, 9.17) is 0 Å². The van der Waals surface area contributed by atoms with Gasteiger partial charge in [-0.2, -0.15) is 4.98 Å². The molecular weight excluding hydrogens is 286 g/mol. The van der Waals surface area contributed by atoms with Crippen LogP contribution in [0.2, 0.25) is 0 Å². The first-order valence-corrected chi connectivity index (χ1v) is 7.98. The van der Waals surface area contributed by atoms with Crippen LogP contribution in [-0.2, 0) is 11.2 Å². The van der Waals surface area contributed by atoms with Crippen molar-refractivity contribution in [3.63, 3.8) is 0 Å². The van der Waals surface area contributed by atoms with Crippen molar-refractivity contribution < 1.29 is 4.79 Å². The van der Waals surface area contributed by atoms with Crippen LogP contribution < -0.4 is 15.5 Å². The number of anilines is 2. The summed E-state index contributed by atoms with van der Waals surface area (Å²) < 4.78 is 0. The first kappa shape index (κ1) is 14.1. The smallest absolute Gasteiger partial charge is 0.242 e. The number of aryl methyl sites for hydroxylation is 1. The van der Waals surface area contributed by atoms with Crippen LogP contribution in [0, 0.1) is 0 Å². The second-order valence-electron chi connectivity index (χ2n) is 5.07. The molecule has 7 heteroatoms. The van der Waals surface area contributed by atoms with E-state index in [0.717, 1.165) is 29.0 Å². The Hall–Kier alpha value is -1.89. The highest BCUT2D eigenvalue weighted by Gasteiger charge is 2.28. The topological polar surface area (TPSA) is 70.2 Å². The van der Waals surface area contributed by atoms with Gasteiger partial charge in [-0.25, -0.2) is 4.98 Å². The van der Waals surface area contributed by atoms with Crippen LogP contribution in [0.5, 0.6) is 0 Å². The highest BCUT2D eigenvalue weighted by molar-refractivity contribution is 7.18. The van der Waals surface area contributed by atoms with Crippen molar-refractivity contribution in [2.75, 3.05) is 30.4 Å². The van der Waals surface area contributed by atoms with Crippen molar-refractivity contribution in [1.82, 2.24) is 15.3 Å². The summed E-state index contributed by atoms with van der Waals surface area (Å²) >= 11 is 1.69. The molecule has 0 saturated carbocycles. The van der Waals surface area contributed by atoms with Gasteiger partial charge in [0.15, 0.2) is 0 Å². The number of fused-ring (bicyclic) bond motifs is 1. The summed E-state index contributed by atoms with van der Waals surface area (Å²) in [5.41, 5.74) is 0. The van der Waals surface area contributed by atoms with Gasteiger partial charge < -0.3 is 15.5 Å². The Balaban J connectivity index is 2.15. The molecule has 112 valence electrons. The molecule has 1 fully saturated rings. The Morgan fingerprint density at radius 2 is 2.33 bits per heavy atom. The normalized spacial score (nSPS) is 18.9. The van der Waals surface area contributed by atoms with Gasteiger partial charge in [0, 0.05) is 25.0 Å². The fourth-order valence-corrected chi connectivity index (χ4v) is 3.49. The van der Waals surface area contributed by atoms with E-state index in [1.54, 1.807) is 11.3 Å². The molecule has 2 aromatic heterocycles. The van der Waals surface area contributed by atoms with Gasteiger partial charge >= 0.3 is 0 Å². The lowest BCUT2D eigenvalue weighted by Gasteiger charge is -2.34. The Morgan fingerprint density at radius 1 is 1.52 bits per heavy atom. The molecule has 1 saturated heterocycles. The number of nitrogens with one attached hydrogen (secondary N) is 2. The average Bonchev–Trinajstić information content (AvgIpc) is 2.92. The fourth-order valence-electron chi connectivity index (χ4n) is 2.53. The monoisotopic (exact) mass is 305 g/mol. The number of amides is 1. The summed E-state index contributed by atoms with van der Waals surface area (Å²) in [5.74, 6) is 1.49. The quantitative estimate of drug-likeness (QED) is 0.902. The van der Waals surface area contributed by atoms with E-state index in [1.165, 1.54) is 4.88 Å². The summed E-state index contributed by atoms with van der Waals surface area (Å²) in [5, 5.41) is 6.94. The van der Waals surface area contributed by atoms with Crippen LogP contribution >= 0.6 is 11.3 Å².